The second kappa shape index (κ2) is 5.47. The molecule has 1 amide bonds. The number of carbonyl (C=O) groups is 1. The molecule has 1 aromatic carbocycles. The van der Waals surface area contributed by atoms with Gasteiger partial charge in [-0.3, -0.25) is 9.69 Å². The molecule has 0 aromatic heterocycles. The van der Waals surface area contributed by atoms with Crippen LogP contribution in [0.15, 0.2) is 24.3 Å². The van der Waals surface area contributed by atoms with Crippen molar-refractivity contribution in [3.05, 3.63) is 29.8 Å². The van der Waals surface area contributed by atoms with E-state index in [2.05, 4.69) is 41.0 Å². The summed E-state index contributed by atoms with van der Waals surface area (Å²) >= 11 is 0. The first-order valence-corrected chi connectivity index (χ1v) is 9.80. The molecule has 0 unspecified atom stereocenters. The van der Waals surface area contributed by atoms with Crippen LogP contribution >= 0.6 is 0 Å². The second-order valence-electron chi connectivity index (χ2n) is 8.75. The number of methoxy groups -OCH3 is 1. The lowest BCUT2D eigenvalue weighted by atomic mass is 9.75. The smallest absolute Gasteiger partial charge is 0.228 e. The highest BCUT2D eigenvalue weighted by molar-refractivity contribution is 5.85. The molecule has 0 radical (unpaired) electrons. The van der Waals surface area contributed by atoms with E-state index in [1.54, 1.807) is 7.11 Å². The Hall–Kier alpha value is -1.55. The molecule has 0 N–H and O–H groups in total. The second-order valence-corrected chi connectivity index (χ2v) is 8.75. The number of carbonyl (C=O) groups excluding carboxylic acids is 1. The molecule has 1 aliphatic carbocycles. The molecule has 4 saturated heterocycles. The highest BCUT2D eigenvalue weighted by Gasteiger charge is 2.58. The summed E-state index contributed by atoms with van der Waals surface area (Å²) in [6.45, 7) is 5.46. The van der Waals surface area contributed by atoms with Gasteiger partial charge in [-0.1, -0.05) is 19.1 Å². The third kappa shape index (κ3) is 2.33. The number of piperidine rings is 3. The molecule has 4 heterocycles. The fraction of sp³-hybridized carbons (Fsp3) is 0.667. The number of nitrogens with zero attached hydrogens (tertiary/aromatic N) is 2. The lowest BCUT2D eigenvalue weighted by Gasteiger charge is -2.51. The fourth-order valence-corrected chi connectivity index (χ4v) is 5.55. The summed E-state index contributed by atoms with van der Waals surface area (Å²) in [5.74, 6) is 2.46. The van der Waals surface area contributed by atoms with Crippen LogP contribution in [-0.2, 0) is 4.79 Å². The molecule has 134 valence electrons. The van der Waals surface area contributed by atoms with Gasteiger partial charge in [-0.25, -0.2) is 0 Å². The quantitative estimate of drug-likeness (QED) is 0.848. The number of hydrogen-bond acceptors (Lipinski definition) is 3. The summed E-state index contributed by atoms with van der Waals surface area (Å²) in [7, 11) is 1.71. The minimum Gasteiger partial charge on any atom is -0.497 e. The Morgan fingerprint density at radius 2 is 1.80 bits per heavy atom. The zero-order valence-electron chi connectivity index (χ0n) is 15.3. The largest absolute Gasteiger partial charge is 0.497 e. The minimum atomic E-state index is -0.0641. The van der Waals surface area contributed by atoms with Crippen LogP contribution in [0, 0.1) is 11.3 Å². The van der Waals surface area contributed by atoms with E-state index in [1.807, 2.05) is 0 Å². The minimum absolute atomic E-state index is 0.0641. The molecule has 1 saturated carbocycles. The number of hydrogen-bond donors (Lipinski definition) is 0. The number of ether oxygens (including phenoxy) is 1. The van der Waals surface area contributed by atoms with Crippen LogP contribution in [0.4, 0.5) is 0 Å². The average Bonchev–Trinajstić information content (AvgIpc) is 3.28. The van der Waals surface area contributed by atoms with Gasteiger partial charge in [0, 0.05) is 23.9 Å². The third-order valence-electron chi connectivity index (χ3n) is 7.32. The SMILES string of the molecule is COc1ccc([C@H]2CN(C(=O)C3(C)CC3)[C@H]3C4CCN(CC4)[C@@H]23)cc1. The Morgan fingerprint density at radius 1 is 1.12 bits per heavy atom. The van der Waals surface area contributed by atoms with Gasteiger partial charge in [0.1, 0.15) is 5.75 Å². The van der Waals surface area contributed by atoms with Crippen LogP contribution in [-0.4, -0.2) is 54.5 Å². The number of amides is 1. The van der Waals surface area contributed by atoms with Crippen LogP contribution in [0.25, 0.3) is 0 Å². The normalized spacial score (nSPS) is 37.7. The molecular weight excluding hydrogens is 312 g/mol. The van der Waals surface area contributed by atoms with Crippen molar-refractivity contribution in [1.29, 1.82) is 0 Å². The molecule has 5 fully saturated rings. The van der Waals surface area contributed by atoms with E-state index in [0.717, 1.165) is 25.1 Å². The summed E-state index contributed by atoms with van der Waals surface area (Å²) < 4.78 is 5.33. The molecule has 5 aliphatic rings. The molecular formula is C21H28N2O2. The van der Waals surface area contributed by atoms with Gasteiger partial charge in [0.25, 0.3) is 0 Å². The number of fused-ring (bicyclic) bond motifs is 2. The van der Waals surface area contributed by atoms with Crippen molar-refractivity contribution < 1.29 is 9.53 Å². The van der Waals surface area contributed by atoms with E-state index in [4.69, 9.17) is 4.74 Å². The zero-order valence-corrected chi connectivity index (χ0v) is 15.3. The highest BCUT2D eigenvalue weighted by Crippen LogP contribution is 2.52. The van der Waals surface area contributed by atoms with Gasteiger partial charge < -0.3 is 9.64 Å². The Balaban J connectivity index is 1.50. The van der Waals surface area contributed by atoms with E-state index in [1.165, 1.54) is 31.5 Å². The van der Waals surface area contributed by atoms with Crippen molar-refractivity contribution in [2.45, 2.75) is 50.6 Å². The molecule has 3 atom stereocenters. The van der Waals surface area contributed by atoms with Gasteiger partial charge in [0.15, 0.2) is 0 Å². The predicted octanol–water partition coefficient (Wildman–Crippen LogP) is 2.88. The van der Waals surface area contributed by atoms with Crippen LogP contribution in [0.3, 0.4) is 0 Å². The van der Waals surface area contributed by atoms with Crippen LogP contribution in [0.2, 0.25) is 0 Å². The van der Waals surface area contributed by atoms with E-state index < -0.39 is 0 Å². The topological polar surface area (TPSA) is 32.8 Å². The van der Waals surface area contributed by atoms with E-state index in [-0.39, 0.29) is 5.41 Å². The Kier molecular flexibility index (Phi) is 3.43. The van der Waals surface area contributed by atoms with Crippen LogP contribution in [0.5, 0.6) is 5.75 Å². The number of likely N-dealkylation sites (tertiary alicyclic amines) is 1. The molecule has 4 nitrogen and oxygen atoms in total. The maximum Gasteiger partial charge on any atom is 0.228 e. The summed E-state index contributed by atoms with van der Waals surface area (Å²) in [5, 5.41) is 0. The molecule has 6 rings (SSSR count). The van der Waals surface area contributed by atoms with Crippen molar-refractivity contribution >= 4 is 5.91 Å². The summed E-state index contributed by atoms with van der Waals surface area (Å²) in [5.41, 5.74) is 1.30. The zero-order chi connectivity index (χ0) is 17.2. The number of rotatable bonds is 3. The summed E-state index contributed by atoms with van der Waals surface area (Å²) in [6.07, 6.45) is 4.66. The van der Waals surface area contributed by atoms with Crippen LogP contribution < -0.4 is 4.74 Å². The van der Waals surface area contributed by atoms with Crippen molar-refractivity contribution in [3.8, 4) is 5.75 Å². The first-order valence-electron chi connectivity index (χ1n) is 9.80. The third-order valence-corrected chi connectivity index (χ3v) is 7.32. The Morgan fingerprint density at radius 3 is 2.40 bits per heavy atom. The maximum absolute atomic E-state index is 13.2. The fourth-order valence-electron chi connectivity index (χ4n) is 5.55. The van der Waals surface area contributed by atoms with E-state index >= 15 is 0 Å². The lowest BCUT2D eigenvalue weighted by molar-refractivity contribution is -0.141. The lowest BCUT2D eigenvalue weighted by Crippen LogP contribution is -2.61. The molecule has 2 bridgehead atoms. The van der Waals surface area contributed by atoms with Gasteiger partial charge in [-0.05, 0) is 62.4 Å². The molecule has 4 aliphatic heterocycles. The van der Waals surface area contributed by atoms with E-state index in [0.29, 0.717) is 29.8 Å². The first kappa shape index (κ1) is 15.7. The van der Waals surface area contributed by atoms with Crippen molar-refractivity contribution in [1.82, 2.24) is 9.80 Å². The van der Waals surface area contributed by atoms with Crippen LogP contribution in [0.1, 0.15) is 44.1 Å². The van der Waals surface area contributed by atoms with Crippen molar-refractivity contribution in [2.75, 3.05) is 26.7 Å². The van der Waals surface area contributed by atoms with Crippen molar-refractivity contribution in [2.24, 2.45) is 11.3 Å². The molecule has 1 aromatic rings. The monoisotopic (exact) mass is 340 g/mol. The van der Waals surface area contributed by atoms with Crippen molar-refractivity contribution in [3.63, 3.8) is 0 Å². The molecule has 0 spiro atoms. The maximum atomic E-state index is 13.2. The van der Waals surface area contributed by atoms with Gasteiger partial charge in [0.05, 0.1) is 13.2 Å². The van der Waals surface area contributed by atoms with E-state index in [9.17, 15) is 4.79 Å². The first-order chi connectivity index (χ1) is 12.1. The Bertz CT molecular complexity index is 674. The standard InChI is InChI=1S/C21H28N2O2/c1-21(9-10-21)20(24)23-13-17(14-3-5-16(25-2)6-4-14)19-18(23)15-7-11-22(19)12-8-15/h3-6,15,17-19H,7-13H2,1-2H3/t17-,18+,19+/m1/s1. The Labute approximate surface area is 150 Å². The average molecular weight is 340 g/mol. The van der Waals surface area contributed by atoms with Gasteiger partial charge in [-0.2, -0.15) is 0 Å². The van der Waals surface area contributed by atoms with Gasteiger partial charge in [0.2, 0.25) is 5.91 Å². The highest BCUT2D eigenvalue weighted by atomic mass is 16.5. The van der Waals surface area contributed by atoms with Gasteiger partial charge >= 0.3 is 0 Å². The number of benzene rings is 1. The summed E-state index contributed by atoms with van der Waals surface area (Å²) in [4.78, 5) is 18.2. The molecule has 4 heteroatoms. The molecule has 25 heavy (non-hydrogen) atoms. The van der Waals surface area contributed by atoms with Gasteiger partial charge in [-0.15, -0.1) is 0 Å². The summed E-state index contributed by atoms with van der Waals surface area (Å²) in [6, 6.07) is 9.47. The predicted molar refractivity (Wildman–Crippen MR) is 96.7 cm³/mol.